The van der Waals surface area contributed by atoms with E-state index in [4.69, 9.17) is 0 Å². The average molecular weight is 280 g/mol. The van der Waals surface area contributed by atoms with Crippen molar-refractivity contribution in [2.75, 3.05) is 6.54 Å². The van der Waals surface area contributed by atoms with Crippen LogP contribution in [0.1, 0.15) is 60.4 Å². The summed E-state index contributed by atoms with van der Waals surface area (Å²) in [6, 6.07) is 11.4. The number of nitrogens with one attached hydrogen (secondary N) is 1. The highest BCUT2D eigenvalue weighted by atomic mass is 14.9. The van der Waals surface area contributed by atoms with E-state index in [0.29, 0.717) is 0 Å². The number of nitrogens with zero attached hydrogens (tertiary/aromatic N) is 1. The van der Waals surface area contributed by atoms with Crippen LogP contribution in [0.15, 0.2) is 42.7 Å². The first kappa shape index (κ1) is 14.3. The van der Waals surface area contributed by atoms with E-state index >= 15 is 0 Å². The van der Waals surface area contributed by atoms with Crippen molar-refractivity contribution in [1.29, 1.82) is 0 Å². The van der Waals surface area contributed by atoms with Gasteiger partial charge in [0.15, 0.2) is 0 Å². The van der Waals surface area contributed by atoms with Crippen LogP contribution >= 0.6 is 0 Å². The summed E-state index contributed by atoms with van der Waals surface area (Å²) >= 11 is 0. The fourth-order valence-electron chi connectivity index (χ4n) is 3.26. The Bertz CT molecular complexity index is 602. The van der Waals surface area contributed by atoms with E-state index in [-0.39, 0.29) is 6.04 Å². The molecule has 0 saturated heterocycles. The molecule has 0 aliphatic heterocycles. The van der Waals surface area contributed by atoms with Crippen molar-refractivity contribution in [3.05, 3.63) is 65.0 Å². The summed E-state index contributed by atoms with van der Waals surface area (Å²) in [4.78, 5) is 4.24. The minimum absolute atomic E-state index is 0.273. The molecule has 0 radical (unpaired) electrons. The maximum absolute atomic E-state index is 4.24. The first-order valence-corrected chi connectivity index (χ1v) is 8.04. The van der Waals surface area contributed by atoms with Gasteiger partial charge in [-0.05, 0) is 60.5 Å². The van der Waals surface area contributed by atoms with Crippen LogP contribution in [0.2, 0.25) is 0 Å². The van der Waals surface area contributed by atoms with E-state index in [1.807, 2.05) is 12.4 Å². The van der Waals surface area contributed by atoms with Crippen molar-refractivity contribution in [2.45, 2.75) is 45.1 Å². The zero-order valence-electron chi connectivity index (χ0n) is 13.0. The lowest BCUT2D eigenvalue weighted by Gasteiger charge is -2.31. The number of benzene rings is 1. The van der Waals surface area contributed by atoms with Crippen LogP contribution in [0.4, 0.5) is 0 Å². The van der Waals surface area contributed by atoms with Crippen LogP contribution in [0.25, 0.3) is 0 Å². The highest BCUT2D eigenvalue weighted by Crippen LogP contribution is 2.40. The fraction of sp³-hybridized carbons (Fsp3) is 0.421. The van der Waals surface area contributed by atoms with Gasteiger partial charge in [-0.3, -0.25) is 4.98 Å². The molecule has 1 atom stereocenters. The van der Waals surface area contributed by atoms with E-state index in [9.17, 15) is 0 Å². The van der Waals surface area contributed by atoms with E-state index in [1.165, 1.54) is 41.5 Å². The third-order valence-corrected chi connectivity index (χ3v) is 4.63. The standard InChI is InChI=1S/C19H24N2/c1-3-21-19(16-11-12-20-13-14(16)2)18-10-5-4-9-17(18)15-7-6-8-15/h4-5,9-13,15,19,21H,3,6-8H2,1-2H3. The largest absolute Gasteiger partial charge is 0.307 e. The summed E-state index contributed by atoms with van der Waals surface area (Å²) in [7, 11) is 0. The van der Waals surface area contributed by atoms with Gasteiger partial charge < -0.3 is 5.32 Å². The third-order valence-electron chi connectivity index (χ3n) is 4.63. The van der Waals surface area contributed by atoms with Gasteiger partial charge in [-0.25, -0.2) is 0 Å². The molecule has 0 bridgehead atoms. The maximum Gasteiger partial charge on any atom is 0.0583 e. The molecule has 1 aromatic heterocycles. The van der Waals surface area contributed by atoms with Crippen LogP contribution < -0.4 is 5.32 Å². The van der Waals surface area contributed by atoms with Crippen molar-refractivity contribution < 1.29 is 0 Å². The van der Waals surface area contributed by atoms with Crippen molar-refractivity contribution in [3.63, 3.8) is 0 Å². The summed E-state index contributed by atoms with van der Waals surface area (Å²) < 4.78 is 0. The molecular weight excluding hydrogens is 256 g/mol. The Balaban J connectivity index is 2.03. The fourth-order valence-corrected chi connectivity index (χ4v) is 3.26. The highest BCUT2D eigenvalue weighted by molar-refractivity contribution is 5.41. The van der Waals surface area contributed by atoms with Crippen molar-refractivity contribution in [2.24, 2.45) is 0 Å². The molecule has 1 aromatic carbocycles. The van der Waals surface area contributed by atoms with Gasteiger partial charge in [0.2, 0.25) is 0 Å². The molecule has 110 valence electrons. The minimum Gasteiger partial charge on any atom is -0.307 e. The second kappa shape index (κ2) is 6.40. The molecule has 1 heterocycles. The molecule has 21 heavy (non-hydrogen) atoms. The summed E-state index contributed by atoms with van der Waals surface area (Å²) in [6.45, 7) is 5.29. The second-order valence-corrected chi connectivity index (χ2v) is 5.98. The van der Waals surface area contributed by atoms with E-state index < -0.39 is 0 Å². The molecule has 1 aliphatic carbocycles. The predicted molar refractivity (Wildman–Crippen MR) is 87.5 cm³/mol. The predicted octanol–water partition coefficient (Wildman–Crippen LogP) is 4.36. The van der Waals surface area contributed by atoms with Gasteiger partial charge in [-0.2, -0.15) is 0 Å². The van der Waals surface area contributed by atoms with Gasteiger partial charge in [-0.1, -0.05) is 37.6 Å². The molecule has 0 spiro atoms. The average Bonchev–Trinajstić information content (AvgIpc) is 2.45. The molecule has 1 N–H and O–H groups in total. The Labute approximate surface area is 127 Å². The zero-order chi connectivity index (χ0) is 14.7. The Morgan fingerprint density at radius 3 is 2.67 bits per heavy atom. The van der Waals surface area contributed by atoms with E-state index in [1.54, 1.807) is 0 Å². The molecule has 2 aromatic rings. The number of hydrogen-bond acceptors (Lipinski definition) is 2. The van der Waals surface area contributed by atoms with Gasteiger partial charge >= 0.3 is 0 Å². The number of pyridine rings is 1. The maximum atomic E-state index is 4.24. The van der Waals surface area contributed by atoms with Crippen molar-refractivity contribution >= 4 is 0 Å². The number of aryl methyl sites for hydroxylation is 1. The molecule has 3 rings (SSSR count). The first-order chi connectivity index (χ1) is 10.3. The molecule has 1 unspecified atom stereocenters. The summed E-state index contributed by atoms with van der Waals surface area (Å²) in [5.41, 5.74) is 5.58. The highest BCUT2D eigenvalue weighted by Gasteiger charge is 2.25. The Kier molecular flexibility index (Phi) is 4.35. The van der Waals surface area contributed by atoms with Crippen LogP contribution in [0.3, 0.4) is 0 Å². The minimum atomic E-state index is 0.273. The van der Waals surface area contributed by atoms with E-state index in [0.717, 1.165) is 12.5 Å². The quantitative estimate of drug-likeness (QED) is 0.880. The van der Waals surface area contributed by atoms with Gasteiger partial charge in [0, 0.05) is 12.4 Å². The Morgan fingerprint density at radius 1 is 1.19 bits per heavy atom. The summed E-state index contributed by atoms with van der Waals surface area (Å²) in [6.07, 6.45) is 7.92. The molecule has 1 fully saturated rings. The first-order valence-electron chi connectivity index (χ1n) is 8.04. The molecule has 2 heteroatoms. The topological polar surface area (TPSA) is 24.9 Å². The van der Waals surface area contributed by atoms with Crippen LogP contribution in [0.5, 0.6) is 0 Å². The third kappa shape index (κ3) is 2.86. The zero-order valence-corrected chi connectivity index (χ0v) is 13.0. The van der Waals surface area contributed by atoms with Crippen molar-refractivity contribution in [3.8, 4) is 0 Å². The number of rotatable bonds is 5. The number of aromatic nitrogens is 1. The summed E-state index contributed by atoms with van der Waals surface area (Å²) in [5, 5.41) is 3.67. The second-order valence-electron chi connectivity index (χ2n) is 5.98. The molecule has 2 nitrogen and oxygen atoms in total. The van der Waals surface area contributed by atoms with Gasteiger partial charge in [0.25, 0.3) is 0 Å². The van der Waals surface area contributed by atoms with E-state index in [2.05, 4.69) is 54.5 Å². The monoisotopic (exact) mass is 280 g/mol. The van der Waals surface area contributed by atoms with Gasteiger partial charge in [0.1, 0.15) is 0 Å². The lowest BCUT2D eigenvalue weighted by atomic mass is 9.76. The normalized spacial score (nSPS) is 16.5. The lowest BCUT2D eigenvalue weighted by Crippen LogP contribution is -2.25. The van der Waals surface area contributed by atoms with Crippen molar-refractivity contribution in [1.82, 2.24) is 10.3 Å². The van der Waals surface area contributed by atoms with Crippen LogP contribution in [-0.2, 0) is 0 Å². The Hall–Kier alpha value is -1.67. The smallest absolute Gasteiger partial charge is 0.0583 e. The molecule has 0 amide bonds. The Morgan fingerprint density at radius 2 is 2.00 bits per heavy atom. The lowest BCUT2D eigenvalue weighted by molar-refractivity contribution is 0.414. The molecule has 1 aliphatic rings. The van der Waals surface area contributed by atoms with Gasteiger partial charge in [0.05, 0.1) is 6.04 Å². The summed E-state index contributed by atoms with van der Waals surface area (Å²) in [5.74, 6) is 0.754. The number of hydrogen-bond donors (Lipinski definition) is 1. The van der Waals surface area contributed by atoms with Crippen LogP contribution in [-0.4, -0.2) is 11.5 Å². The van der Waals surface area contributed by atoms with Crippen LogP contribution in [0, 0.1) is 6.92 Å². The molecule has 1 saturated carbocycles. The molecular formula is C19H24N2. The SMILES string of the molecule is CCNC(c1ccncc1C)c1ccccc1C1CCC1. The van der Waals surface area contributed by atoms with Gasteiger partial charge in [-0.15, -0.1) is 0 Å².